The molecule has 0 spiro atoms. The van der Waals surface area contributed by atoms with Crippen molar-refractivity contribution in [3.63, 3.8) is 0 Å². The minimum Gasteiger partial charge on any atom is -0.494 e. The molecule has 2 amide bonds. The molecule has 0 aromatic heterocycles. The second kappa shape index (κ2) is 23.5. The summed E-state index contributed by atoms with van der Waals surface area (Å²) in [6.07, 6.45) is 3.43. The first kappa shape index (κ1) is 37.0. The lowest BCUT2D eigenvalue weighted by atomic mass is 10.1. The quantitative estimate of drug-likeness (QED) is 0.0902. The molecule has 2 rings (SSSR count). The number of alkyl halides is 2. The molecule has 12 heteroatoms. The average molecular weight is 716 g/mol. The summed E-state index contributed by atoms with van der Waals surface area (Å²) in [6.45, 7) is 8.98. The molecule has 2 aromatic carbocycles. The van der Waals surface area contributed by atoms with Crippen LogP contribution in [0.2, 0.25) is 0 Å². The van der Waals surface area contributed by atoms with E-state index in [2.05, 4.69) is 61.7 Å². The van der Waals surface area contributed by atoms with Crippen molar-refractivity contribution in [1.29, 1.82) is 0 Å². The maximum atomic E-state index is 11.2. The summed E-state index contributed by atoms with van der Waals surface area (Å²) < 4.78 is 20.8. The summed E-state index contributed by atoms with van der Waals surface area (Å²) in [5.74, 6) is 1.43. The van der Waals surface area contributed by atoms with Gasteiger partial charge in [-0.25, -0.2) is 9.59 Å². The molecule has 0 bridgehead atoms. The van der Waals surface area contributed by atoms with Crippen LogP contribution in [0.3, 0.4) is 0 Å². The van der Waals surface area contributed by atoms with Crippen LogP contribution in [-0.2, 0) is 33.3 Å². The third kappa shape index (κ3) is 17.0. The minimum atomic E-state index is -0.486. The van der Waals surface area contributed by atoms with E-state index in [1.807, 2.05) is 12.1 Å². The molecule has 0 fully saturated rings. The largest absolute Gasteiger partial charge is 0.494 e. The van der Waals surface area contributed by atoms with Crippen molar-refractivity contribution in [1.82, 2.24) is 10.6 Å². The SMILES string of the molecule is C=CCOC(=O)NCCCOc1cc(CBr)cc(CBr)c1.C=CCOC(=O)NCCCOc1cc(CO)cc(CO)c1. The van der Waals surface area contributed by atoms with E-state index in [0.717, 1.165) is 16.4 Å². The van der Waals surface area contributed by atoms with Crippen molar-refractivity contribution in [3.8, 4) is 11.5 Å². The van der Waals surface area contributed by atoms with Gasteiger partial charge in [-0.1, -0.05) is 69.3 Å². The van der Waals surface area contributed by atoms with E-state index in [1.54, 1.807) is 18.2 Å². The molecule has 4 N–H and O–H groups in total. The van der Waals surface area contributed by atoms with Crippen molar-refractivity contribution < 1.29 is 38.7 Å². The van der Waals surface area contributed by atoms with Crippen LogP contribution in [0.25, 0.3) is 0 Å². The van der Waals surface area contributed by atoms with Gasteiger partial charge in [0, 0.05) is 23.7 Å². The summed E-state index contributed by atoms with van der Waals surface area (Å²) in [5.41, 5.74) is 3.71. The van der Waals surface area contributed by atoms with Gasteiger partial charge in [-0.15, -0.1) is 0 Å². The molecule has 0 heterocycles. The summed E-state index contributed by atoms with van der Waals surface area (Å²) >= 11 is 6.89. The monoisotopic (exact) mass is 714 g/mol. The highest BCUT2D eigenvalue weighted by Crippen LogP contribution is 2.21. The van der Waals surface area contributed by atoms with Crippen LogP contribution in [-0.4, -0.2) is 61.9 Å². The topological polar surface area (TPSA) is 136 Å². The number of aliphatic hydroxyl groups is 2. The highest BCUT2D eigenvalue weighted by Gasteiger charge is 2.04. The number of hydrogen-bond donors (Lipinski definition) is 4. The van der Waals surface area contributed by atoms with Crippen LogP contribution in [0.4, 0.5) is 9.59 Å². The van der Waals surface area contributed by atoms with Gasteiger partial charge in [0.15, 0.2) is 0 Å². The number of carbonyl (C=O) groups is 2. The van der Waals surface area contributed by atoms with Crippen molar-refractivity contribution in [2.45, 2.75) is 36.7 Å². The number of halogens is 2. The lowest BCUT2D eigenvalue weighted by molar-refractivity contribution is 0.156. The van der Waals surface area contributed by atoms with E-state index >= 15 is 0 Å². The van der Waals surface area contributed by atoms with E-state index in [4.69, 9.17) is 29.2 Å². The molecular formula is C30H40Br2N2O8. The molecule has 0 atom stereocenters. The van der Waals surface area contributed by atoms with Crippen molar-refractivity contribution in [3.05, 3.63) is 84.0 Å². The summed E-state index contributed by atoms with van der Waals surface area (Å²) in [5, 5.41) is 25.0. The van der Waals surface area contributed by atoms with Gasteiger partial charge < -0.3 is 39.8 Å². The molecule has 0 aliphatic carbocycles. The lowest BCUT2D eigenvalue weighted by Gasteiger charge is -2.10. The Morgan fingerprint density at radius 3 is 1.43 bits per heavy atom. The van der Waals surface area contributed by atoms with Gasteiger partial charge in [0.2, 0.25) is 0 Å². The number of benzene rings is 2. The molecule has 0 unspecified atom stereocenters. The molecule has 10 nitrogen and oxygen atoms in total. The van der Waals surface area contributed by atoms with Crippen LogP contribution >= 0.6 is 31.9 Å². The highest BCUT2D eigenvalue weighted by atomic mass is 79.9. The third-order valence-corrected chi connectivity index (χ3v) is 6.40. The smallest absolute Gasteiger partial charge is 0.407 e. The van der Waals surface area contributed by atoms with Crippen LogP contribution in [0, 0.1) is 0 Å². The third-order valence-electron chi connectivity index (χ3n) is 5.11. The molecule has 0 radical (unpaired) electrons. The number of nitrogens with one attached hydrogen (secondary N) is 2. The van der Waals surface area contributed by atoms with Crippen LogP contribution in [0.15, 0.2) is 61.7 Å². The molecule has 232 valence electrons. The molecule has 0 aliphatic heterocycles. The zero-order chi connectivity index (χ0) is 31.0. The van der Waals surface area contributed by atoms with Crippen LogP contribution in [0.1, 0.15) is 35.1 Å². The maximum Gasteiger partial charge on any atom is 0.407 e. The van der Waals surface area contributed by atoms with Crippen LogP contribution < -0.4 is 20.1 Å². The van der Waals surface area contributed by atoms with Crippen molar-refractivity contribution in [2.24, 2.45) is 0 Å². The van der Waals surface area contributed by atoms with Gasteiger partial charge in [-0.2, -0.15) is 0 Å². The first-order valence-electron chi connectivity index (χ1n) is 13.3. The number of hydrogen-bond acceptors (Lipinski definition) is 8. The normalized spacial score (nSPS) is 10.0. The zero-order valence-corrected chi connectivity index (χ0v) is 26.8. The predicted molar refractivity (Wildman–Crippen MR) is 169 cm³/mol. The van der Waals surface area contributed by atoms with Gasteiger partial charge in [0.05, 0.1) is 26.4 Å². The second-order valence-corrected chi connectivity index (χ2v) is 9.71. The Bertz CT molecular complexity index is 971. The van der Waals surface area contributed by atoms with E-state index < -0.39 is 12.2 Å². The Balaban J connectivity index is 0.000000420. The molecule has 42 heavy (non-hydrogen) atoms. The molecule has 0 saturated carbocycles. The summed E-state index contributed by atoms with van der Waals surface area (Å²) in [6, 6.07) is 11.3. The van der Waals surface area contributed by atoms with Crippen molar-refractivity contribution >= 4 is 44.0 Å². The van der Waals surface area contributed by atoms with E-state index in [1.165, 1.54) is 23.3 Å². The number of alkyl carbamates (subject to hydrolysis) is 2. The van der Waals surface area contributed by atoms with Gasteiger partial charge in [0.25, 0.3) is 0 Å². The predicted octanol–water partition coefficient (Wildman–Crippen LogP) is 5.51. The van der Waals surface area contributed by atoms with E-state index in [0.29, 0.717) is 56.0 Å². The fourth-order valence-corrected chi connectivity index (χ4v) is 3.88. The van der Waals surface area contributed by atoms with Gasteiger partial charge in [-0.3, -0.25) is 0 Å². The number of ether oxygens (including phenoxy) is 4. The Morgan fingerprint density at radius 2 is 1.07 bits per heavy atom. The number of amides is 2. The molecule has 0 aliphatic rings. The van der Waals surface area contributed by atoms with Gasteiger partial charge in [0.1, 0.15) is 24.7 Å². The Morgan fingerprint density at radius 1 is 0.690 bits per heavy atom. The molecule has 2 aromatic rings. The first-order chi connectivity index (χ1) is 20.4. The maximum absolute atomic E-state index is 11.2. The number of carbonyl (C=O) groups excluding carboxylic acids is 2. The van der Waals surface area contributed by atoms with Crippen molar-refractivity contribution in [2.75, 3.05) is 39.5 Å². The second-order valence-electron chi connectivity index (χ2n) is 8.59. The van der Waals surface area contributed by atoms with E-state index in [-0.39, 0.29) is 26.4 Å². The highest BCUT2D eigenvalue weighted by molar-refractivity contribution is 9.08. The van der Waals surface area contributed by atoms with Gasteiger partial charge in [-0.05, 0) is 59.4 Å². The number of aliphatic hydroxyl groups excluding tert-OH is 2. The lowest BCUT2D eigenvalue weighted by Crippen LogP contribution is -2.26. The fourth-order valence-electron chi connectivity index (χ4n) is 3.24. The Labute approximate surface area is 264 Å². The standard InChI is InChI=1S/C15H19Br2NO3.C15H21NO5/c1-2-5-21-15(19)18-4-3-6-20-14-8-12(10-16)7-13(9-14)11-17;1-2-5-21-15(19)16-4-3-6-20-14-8-12(10-17)7-13(9-14)11-18/h2,7-9H,1,3-6,10-11H2,(H,18,19);2,7-9,17-18H,1,3-6,10-11H2,(H,16,19). The average Bonchev–Trinajstić information content (AvgIpc) is 3.02. The van der Waals surface area contributed by atoms with Crippen LogP contribution in [0.5, 0.6) is 11.5 Å². The molecular weight excluding hydrogens is 676 g/mol. The summed E-state index contributed by atoms with van der Waals surface area (Å²) in [4.78, 5) is 22.3. The summed E-state index contributed by atoms with van der Waals surface area (Å²) in [7, 11) is 0. The van der Waals surface area contributed by atoms with E-state index in [9.17, 15) is 9.59 Å². The minimum absolute atomic E-state index is 0.110. The fraction of sp³-hybridized carbons (Fsp3) is 0.400. The first-order valence-corrected chi connectivity index (χ1v) is 15.5. The number of rotatable bonds is 18. The Kier molecular flexibility index (Phi) is 20.7. The Hall–Kier alpha value is -3.06. The molecule has 0 saturated heterocycles. The van der Waals surface area contributed by atoms with Gasteiger partial charge >= 0.3 is 12.2 Å². The zero-order valence-electron chi connectivity index (χ0n) is 23.6.